The molecule has 0 amide bonds. The van der Waals surface area contributed by atoms with Gasteiger partial charge in [0.1, 0.15) is 5.76 Å². The van der Waals surface area contributed by atoms with Crippen molar-refractivity contribution in [2.45, 2.75) is 39.0 Å². The van der Waals surface area contributed by atoms with Gasteiger partial charge in [-0.25, -0.2) is 4.79 Å². The molecule has 0 unspecified atom stereocenters. The maximum Gasteiger partial charge on any atom is 0.360 e. The Balaban J connectivity index is 2.36. The molecule has 84 valence electrons. The van der Waals surface area contributed by atoms with Gasteiger partial charge in [-0.2, -0.15) is 0 Å². The number of aromatic nitrogens is 1. The highest BCUT2D eigenvalue weighted by Crippen LogP contribution is 2.10. The molecule has 0 aromatic carbocycles. The Bertz CT molecular complexity index is 307. The van der Waals surface area contributed by atoms with Crippen molar-refractivity contribution in [1.29, 1.82) is 0 Å². The molecule has 15 heavy (non-hydrogen) atoms. The number of unbranched alkanes of at least 4 members (excludes halogenated alkanes) is 3. The molecule has 0 N–H and O–H groups in total. The summed E-state index contributed by atoms with van der Waals surface area (Å²) >= 11 is 0. The second kappa shape index (κ2) is 6.22. The lowest BCUT2D eigenvalue weighted by Gasteiger charge is -1.94. The molecule has 0 saturated heterocycles. The first-order valence-corrected chi connectivity index (χ1v) is 5.31. The second-order valence-electron chi connectivity index (χ2n) is 3.48. The molecule has 0 spiro atoms. The van der Waals surface area contributed by atoms with Crippen LogP contribution in [-0.2, 0) is 11.2 Å². The number of ether oxygens (including phenoxy) is 1. The van der Waals surface area contributed by atoms with Crippen molar-refractivity contribution in [3.05, 3.63) is 17.5 Å². The quantitative estimate of drug-likeness (QED) is 0.536. The maximum absolute atomic E-state index is 11.1. The summed E-state index contributed by atoms with van der Waals surface area (Å²) in [4.78, 5) is 11.1. The Kier molecular flexibility index (Phi) is 4.87. The molecule has 4 nitrogen and oxygen atoms in total. The van der Waals surface area contributed by atoms with E-state index in [1.165, 1.54) is 26.4 Å². The van der Waals surface area contributed by atoms with Crippen LogP contribution in [0.3, 0.4) is 0 Å². The molecular weight excluding hydrogens is 194 g/mol. The number of carbonyl (C=O) groups excluding carboxylic acids is 1. The fraction of sp³-hybridized carbons (Fsp3) is 0.636. The molecule has 0 bridgehead atoms. The van der Waals surface area contributed by atoms with Crippen LogP contribution >= 0.6 is 0 Å². The second-order valence-corrected chi connectivity index (χ2v) is 3.48. The van der Waals surface area contributed by atoms with Crippen molar-refractivity contribution >= 4 is 5.97 Å². The van der Waals surface area contributed by atoms with Gasteiger partial charge in [0.15, 0.2) is 5.69 Å². The van der Waals surface area contributed by atoms with Gasteiger partial charge in [-0.15, -0.1) is 0 Å². The van der Waals surface area contributed by atoms with E-state index in [4.69, 9.17) is 4.52 Å². The summed E-state index contributed by atoms with van der Waals surface area (Å²) in [7, 11) is 1.33. The van der Waals surface area contributed by atoms with Crippen molar-refractivity contribution in [3.8, 4) is 0 Å². The first-order valence-electron chi connectivity index (χ1n) is 5.31. The molecule has 0 radical (unpaired) electrons. The number of methoxy groups -OCH3 is 1. The lowest BCUT2D eigenvalue weighted by molar-refractivity contribution is 0.0589. The first kappa shape index (κ1) is 11.8. The maximum atomic E-state index is 11.1. The Morgan fingerprint density at radius 1 is 1.47 bits per heavy atom. The van der Waals surface area contributed by atoms with Gasteiger partial charge < -0.3 is 9.26 Å². The molecule has 1 rings (SSSR count). The molecule has 0 aliphatic carbocycles. The van der Waals surface area contributed by atoms with Gasteiger partial charge >= 0.3 is 5.97 Å². The van der Waals surface area contributed by atoms with E-state index in [0.717, 1.165) is 18.6 Å². The molecule has 0 fully saturated rings. The van der Waals surface area contributed by atoms with Gasteiger partial charge in [0, 0.05) is 12.5 Å². The number of rotatable bonds is 6. The zero-order valence-electron chi connectivity index (χ0n) is 9.28. The number of esters is 1. The standard InChI is InChI=1S/C11H17NO3/c1-3-4-5-6-7-9-8-10(12-15-9)11(13)14-2/h8H,3-7H2,1-2H3. The van der Waals surface area contributed by atoms with E-state index in [1.807, 2.05) is 0 Å². The molecule has 0 saturated carbocycles. The van der Waals surface area contributed by atoms with Crippen LogP contribution in [0.1, 0.15) is 48.9 Å². The monoisotopic (exact) mass is 211 g/mol. The van der Waals surface area contributed by atoms with Gasteiger partial charge in [0.25, 0.3) is 0 Å². The Morgan fingerprint density at radius 3 is 2.93 bits per heavy atom. The van der Waals surface area contributed by atoms with Crippen LogP contribution in [0.2, 0.25) is 0 Å². The average molecular weight is 211 g/mol. The normalized spacial score (nSPS) is 10.3. The summed E-state index contributed by atoms with van der Waals surface area (Å²) in [6, 6.07) is 1.65. The number of aryl methyl sites for hydroxylation is 1. The minimum absolute atomic E-state index is 0.253. The molecule has 1 heterocycles. The van der Waals surface area contributed by atoms with E-state index in [1.54, 1.807) is 6.07 Å². The van der Waals surface area contributed by atoms with Gasteiger partial charge in [-0.05, 0) is 6.42 Å². The lowest BCUT2D eigenvalue weighted by atomic mass is 10.1. The van der Waals surface area contributed by atoms with Crippen LogP contribution in [-0.4, -0.2) is 18.2 Å². The minimum atomic E-state index is -0.446. The van der Waals surface area contributed by atoms with Crippen molar-refractivity contribution in [3.63, 3.8) is 0 Å². The van der Waals surface area contributed by atoms with E-state index in [9.17, 15) is 4.79 Å². The number of hydrogen-bond donors (Lipinski definition) is 0. The molecular formula is C11H17NO3. The average Bonchev–Trinajstić information content (AvgIpc) is 2.72. The molecule has 1 aromatic heterocycles. The van der Waals surface area contributed by atoms with E-state index >= 15 is 0 Å². The third-order valence-corrected chi connectivity index (χ3v) is 2.23. The predicted molar refractivity (Wildman–Crippen MR) is 55.7 cm³/mol. The highest BCUT2D eigenvalue weighted by atomic mass is 16.5. The smallest absolute Gasteiger partial charge is 0.360 e. The zero-order valence-corrected chi connectivity index (χ0v) is 9.28. The van der Waals surface area contributed by atoms with Crippen molar-refractivity contribution < 1.29 is 14.1 Å². The Hall–Kier alpha value is -1.32. The molecule has 0 aliphatic heterocycles. The fourth-order valence-corrected chi connectivity index (χ4v) is 1.36. The number of hydrogen-bond acceptors (Lipinski definition) is 4. The Labute approximate surface area is 89.6 Å². The predicted octanol–water partition coefficient (Wildman–Crippen LogP) is 2.58. The first-order chi connectivity index (χ1) is 7.27. The van der Waals surface area contributed by atoms with Crippen LogP contribution in [0.4, 0.5) is 0 Å². The van der Waals surface area contributed by atoms with Crippen LogP contribution in [0.15, 0.2) is 10.6 Å². The van der Waals surface area contributed by atoms with Gasteiger partial charge in [0.2, 0.25) is 0 Å². The van der Waals surface area contributed by atoms with Crippen LogP contribution in [0.25, 0.3) is 0 Å². The van der Waals surface area contributed by atoms with Crippen LogP contribution in [0, 0.1) is 0 Å². The molecule has 0 atom stereocenters. The van der Waals surface area contributed by atoms with E-state index < -0.39 is 5.97 Å². The minimum Gasteiger partial charge on any atom is -0.464 e. The van der Waals surface area contributed by atoms with Crippen molar-refractivity contribution in [1.82, 2.24) is 5.16 Å². The summed E-state index contributed by atoms with van der Waals surface area (Å²) in [5.41, 5.74) is 0.253. The van der Waals surface area contributed by atoms with Crippen molar-refractivity contribution in [2.24, 2.45) is 0 Å². The summed E-state index contributed by atoms with van der Waals surface area (Å²) in [6.45, 7) is 2.17. The van der Waals surface area contributed by atoms with Crippen molar-refractivity contribution in [2.75, 3.05) is 7.11 Å². The van der Waals surface area contributed by atoms with Gasteiger partial charge in [-0.3, -0.25) is 0 Å². The fourth-order valence-electron chi connectivity index (χ4n) is 1.36. The zero-order chi connectivity index (χ0) is 11.1. The summed E-state index contributed by atoms with van der Waals surface area (Å²) in [5, 5.41) is 3.64. The highest BCUT2D eigenvalue weighted by molar-refractivity contribution is 5.86. The largest absolute Gasteiger partial charge is 0.464 e. The van der Waals surface area contributed by atoms with Gasteiger partial charge in [-0.1, -0.05) is 31.3 Å². The third kappa shape index (κ3) is 3.73. The third-order valence-electron chi connectivity index (χ3n) is 2.23. The number of carbonyl (C=O) groups is 1. The lowest BCUT2D eigenvalue weighted by Crippen LogP contribution is -2.00. The number of nitrogens with zero attached hydrogens (tertiary/aromatic N) is 1. The SMILES string of the molecule is CCCCCCc1cc(C(=O)OC)no1. The summed E-state index contributed by atoms with van der Waals surface area (Å²) in [6.07, 6.45) is 5.54. The topological polar surface area (TPSA) is 52.3 Å². The van der Waals surface area contributed by atoms with Gasteiger partial charge in [0.05, 0.1) is 7.11 Å². The molecule has 4 heteroatoms. The van der Waals surface area contributed by atoms with E-state index in [-0.39, 0.29) is 5.69 Å². The molecule has 1 aromatic rings. The summed E-state index contributed by atoms with van der Waals surface area (Å²) < 4.78 is 9.55. The Morgan fingerprint density at radius 2 is 2.27 bits per heavy atom. The van der Waals surface area contributed by atoms with E-state index in [2.05, 4.69) is 16.8 Å². The summed E-state index contributed by atoms with van der Waals surface area (Å²) in [5.74, 6) is 0.310. The van der Waals surface area contributed by atoms with Crippen LogP contribution in [0.5, 0.6) is 0 Å². The molecule has 0 aliphatic rings. The van der Waals surface area contributed by atoms with E-state index in [0.29, 0.717) is 0 Å². The highest BCUT2D eigenvalue weighted by Gasteiger charge is 2.11. The van der Waals surface area contributed by atoms with Crippen LogP contribution < -0.4 is 0 Å².